The first kappa shape index (κ1) is 24.2. The maximum Gasteiger partial charge on any atom is 0.202 e. The molecule has 1 unspecified atom stereocenters. The zero-order chi connectivity index (χ0) is 19.1. The van der Waals surface area contributed by atoms with Gasteiger partial charge in [-0.2, -0.15) is 0 Å². The van der Waals surface area contributed by atoms with Crippen LogP contribution in [0, 0.1) is 0 Å². The van der Waals surface area contributed by atoms with Crippen LogP contribution in [0.1, 0.15) is 116 Å². The van der Waals surface area contributed by atoms with Gasteiger partial charge in [-0.1, -0.05) is 126 Å². The number of hydrogen-bond donors (Lipinski definition) is 0. The molecule has 0 aromatic carbocycles. The Morgan fingerprint density at radius 2 is 1.15 bits per heavy atom. The van der Waals surface area contributed by atoms with Crippen molar-refractivity contribution in [3.8, 4) is 0 Å². The molecule has 1 aliphatic rings. The number of rotatable bonds is 18. The number of hydrogen-bond acceptors (Lipinski definition) is 2. The Bertz CT molecular complexity index is 358. The van der Waals surface area contributed by atoms with Crippen molar-refractivity contribution in [1.82, 2.24) is 0 Å². The molecular weight excluding hydrogens is 367 g/mol. The monoisotopic (exact) mass is 406 g/mol. The summed E-state index contributed by atoms with van der Waals surface area (Å²) in [6.07, 6.45) is 21.8. The lowest BCUT2D eigenvalue weighted by Gasteiger charge is -2.37. The zero-order valence-corrected chi connectivity index (χ0v) is 18.4. The normalized spacial score (nSPS) is 18.9. The second-order valence-corrected chi connectivity index (χ2v) is 9.30. The number of Topliss-reactive ketones (excluding diaryl/α,β-unsaturated/α-hetero) is 1. The molecule has 1 atom stereocenters. The molecule has 0 N–H and O–H groups in total. The summed E-state index contributed by atoms with van der Waals surface area (Å²) in [5.41, 5.74) is 0. The molecule has 0 aromatic rings. The number of carbonyl (C=O) groups is 1. The standard InChI is InChI=1S/C22H40Cl2O2/c1-2-3-4-5-6-7-8-9-10-11-12-13-14-15-16-17-18-26-21-19-20(25)22(21,23)24/h21H,2-19H2,1H3. The van der Waals surface area contributed by atoms with Crippen LogP contribution < -0.4 is 0 Å². The Hall–Kier alpha value is 0.210. The van der Waals surface area contributed by atoms with E-state index in [0.717, 1.165) is 6.42 Å². The van der Waals surface area contributed by atoms with Gasteiger partial charge in [-0.15, -0.1) is 0 Å². The topological polar surface area (TPSA) is 26.3 Å². The number of alkyl halides is 2. The largest absolute Gasteiger partial charge is 0.374 e. The summed E-state index contributed by atoms with van der Waals surface area (Å²) in [5, 5.41) is 0. The highest BCUT2D eigenvalue weighted by Crippen LogP contribution is 2.41. The van der Waals surface area contributed by atoms with Gasteiger partial charge < -0.3 is 4.74 Å². The molecule has 0 aromatic heterocycles. The van der Waals surface area contributed by atoms with Crippen molar-refractivity contribution in [3.05, 3.63) is 0 Å². The predicted octanol–water partition coefficient (Wildman–Crippen LogP) is 7.78. The quantitative estimate of drug-likeness (QED) is 0.171. The highest BCUT2D eigenvalue weighted by Gasteiger charge is 2.53. The molecule has 1 rings (SSSR count). The van der Waals surface area contributed by atoms with Gasteiger partial charge in [-0.3, -0.25) is 4.79 Å². The second-order valence-electron chi connectivity index (χ2n) is 7.91. The van der Waals surface area contributed by atoms with E-state index in [4.69, 9.17) is 27.9 Å². The van der Waals surface area contributed by atoms with Crippen LogP contribution in [0.25, 0.3) is 0 Å². The maximum absolute atomic E-state index is 11.2. The molecule has 0 heterocycles. The molecule has 0 bridgehead atoms. The van der Waals surface area contributed by atoms with E-state index < -0.39 is 4.33 Å². The van der Waals surface area contributed by atoms with Crippen LogP contribution in [-0.2, 0) is 9.53 Å². The summed E-state index contributed by atoms with van der Waals surface area (Å²) in [4.78, 5) is 11.2. The maximum atomic E-state index is 11.2. The summed E-state index contributed by atoms with van der Waals surface area (Å²) in [5.74, 6) is -0.113. The van der Waals surface area contributed by atoms with Crippen molar-refractivity contribution in [1.29, 1.82) is 0 Å². The zero-order valence-electron chi connectivity index (χ0n) is 16.9. The van der Waals surface area contributed by atoms with Crippen LogP contribution in [0.5, 0.6) is 0 Å². The van der Waals surface area contributed by atoms with Gasteiger partial charge in [-0.25, -0.2) is 0 Å². The highest BCUT2D eigenvalue weighted by atomic mass is 35.5. The van der Waals surface area contributed by atoms with Gasteiger partial charge in [0.15, 0.2) is 5.78 Å². The van der Waals surface area contributed by atoms with E-state index in [1.165, 1.54) is 96.3 Å². The Morgan fingerprint density at radius 1 is 0.769 bits per heavy atom. The van der Waals surface area contributed by atoms with Crippen molar-refractivity contribution >= 4 is 29.0 Å². The van der Waals surface area contributed by atoms with Crippen molar-refractivity contribution < 1.29 is 9.53 Å². The number of unbranched alkanes of at least 4 members (excludes halogenated alkanes) is 15. The van der Waals surface area contributed by atoms with E-state index in [2.05, 4.69) is 6.92 Å². The van der Waals surface area contributed by atoms with Gasteiger partial charge in [0.05, 0.1) is 0 Å². The van der Waals surface area contributed by atoms with Gasteiger partial charge in [-0.05, 0) is 6.42 Å². The molecule has 1 aliphatic carbocycles. The van der Waals surface area contributed by atoms with Crippen LogP contribution in [-0.4, -0.2) is 22.8 Å². The fraction of sp³-hybridized carbons (Fsp3) is 0.955. The number of ether oxygens (including phenoxy) is 1. The van der Waals surface area contributed by atoms with E-state index >= 15 is 0 Å². The molecule has 1 fully saturated rings. The lowest BCUT2D eigenvalue weighted by atomic mass is 9.92. The first-order chi connectivity index (χ1) is 12.6. The second kappa shape index (κ2) is 15.2. The van der Waals surface area contributed by atoms with Gasteiger partial charge >= 0.3 is 0 Å². The Labute approximate surface area is 171 Å². The van der Waals surface area contributed by atoms with Crippen LogP contribution in [0.3, 0.4) is 0 Å². The van der Waals surface area contributed by atoms with E-state index in [-0.39, 0.29) is 11.9 Å². The lowest BCUT2D eigenvalue weighted by molar-refractivity contribution is -0.136. The average Bonchev–Trinajstić information content (AvgIpc) is 2.63. The molecule has 0 amide bonds. The van der Waals surface area contributed by atoms with Gasteiger partial charge in [0, 0.05) is 13.0 Å². The molecule has 1 saturated carbocycles. The van der Waals surface area contributed by atoms with Crippen LogP contribution in [0.15, 0.2) is 0 Å². The van der Waals surface area contributed by atoms with Gasteiger partial charge in [0.2, 0.25) is 4.33 Å². The molecule has 0 saturated heterocycles. The van der Waals surface area contributed by atoms with E-state index in [1.54, 1.807) is 0 Å². The van der Waals surface area contributed by atoms with Gasteiger partial charge in [0.25, 0.3) is 0 Å². The van der Waals surface area contributed by atoms with Crippen molar-refractivity contribution in [2.24, 2.45) is 0 Å². The molecule has 26 heavy (non-hydrogen) atoms. The summed E-state index contributed by atoms with van der Waals surface area (Å²) in [6, 6.07) is 0. The van der Waals surface area contributed by atoms with Crippen molar-refractivity contribution in [3.63, 3.8) is 0 Å². The molecular formula is C22H40Cl2O2. The van der Waals surface area contributed by atoms with Gasteiger partial charge in [0.1, 0.15) is 6.10 Å². The Kier molecular flexibility index (Phi) is 14.1. The van der Waals surface area contributed by atoms with Crippen LogP contribution in [0.4, 0.5) is 0 Å². The minimum atomic E-state index is -1.28. The smallest absolute Gasteiger partial charge is 0.202 e. The SMILES string of the molecule is CCCCCCCCCCCCCCCCCCOC1CC(=O)C1(Cl)Cl. The van der Waals surface area contributed by atoms with E-state index in [1.807, 2.05) is 0 Å². The molecule has 4 heteroatoms. The average molecular weight is 407 g/mol. The number of ketones is 1. The number of carbonyl (C=O) groups excluding carboxylic acids is 1. The van der Waals surface area contributed by atoms with Crippen LogP contribution >= 0.6 is 23.2 Å². The first-order valence-electron chi connectivity index (χ1n) is 11.1. The molecule has 0 spiro atoms. The fourth-order valence-corrected chi connectivity index (χ4v) is 3.96. The lowest BCUT2D eigenvalue weighted by Crippen LogP contribution is -2.53. The van der Waals surface area contributed by atoms with Crippen LogP contribution in [0.2, 0.25) is 0 Å². The van der Waals surface area contributed by atoms with E-state index in [0.29, 0.717) is 13.0 Å². The molecule has 0 aliphatic heterocycles. The first-order valence-corrected chi connectivity index (χ1v) is 11.9. The summed E-state index contributed by atoms with van der Waals surface area (Å²) >= 11 is 11.8. The number of halogens is 2. The Morgan fingerprint density at radius 3 is 1.50 bits per heavy atom. The summed E-state index contributed by atoms with van der Waals surface area (Å²) in [7, 11) is 0. The highest BCUT2D eigenvalue weighted by molar-refractivity contribution is 6.61. The third-order valence-electron chi connectivity index (χ3n) is 5.46. The Balaban J connectivity index is 1.71. The summed E-state index contributed by atoms with van der Waals surface area (Å²) in [6.45, 7) is 2.94. The molecule has 2 nitrogen and oxygen atoms in total. The third kappa shape index (κ3) is 10.5. The van der Waals surface area contributed by atoms with Crippen molar-refractivity contribution in [2.45, 2.75) is 127 Å². The predicted molar refractivity (Wildman–Crippen MR) is 113 cm³/mol. The van der Waals surface area contributed by atoms with Crippen molar-refractivity contribution in [2.75, 3.05) is 6.61 Å². The molecule has 154 valence electrons. The molecule has 0 radical (unpaired) electrons. The minimum absolute atomic E-state index is 0.113. The third-order valence-corrected chi connectivity index (χ3v) is 6.37. The van der Waals surface area contributed by atoms with E-state index in [9.17, 15) is 4.79 Å². The minimum Gasteiger partial charge on any atom is -0.374 e. The summed E-state index contributed by atoms with van der Waals surface area (Å²) < 4.78 is 4.32. The fourth-order valence-electron chi connectivity index (χ4n) is 3.52.